The Balaban J connectivity index is 1.49. The van der Waals surface area contributed by atoms with Crippen LogP contribution in [0.3, 0.4) is 0 Å². The van der Waals surface area contributed by atoms with E-state index in [1.54, 1.807) is 0 Å². The van der Waals surface area contributed by atoms with Crippen LogP contribution in [0.1, 0.15) is 12.0 Å². The number of fused-ring (bicyclic) bond motifs is 1. The van der Waals surface area contributed by atoms with Crippen LogP contribution in [0, 0.1) is 0 Å². The lowest BCUT2D eigenvalue weighted by atomic mass is 9.82. The molecule has 90 valence electrons. The third-order valence-electron chi connectivity index (χ3n) is 3.11. The van der Waals surface area contributed by atoms with E-state index in [1.807, 2.05) is 30.3 Å². The predicted octanol–water partition coefficient (Wildman–Crippen LogP) is 3.58. The second-order valence-electron chi connectivity index (χ2n) is 4.49. The maximum absolute atomic E-state index is 5.72. The molecule has 0 saturated heterocycles. The lowest BCUT2D eigenvalue weighted by Gasteiger charge is -2.04. The number of benzene rings is 2. The van der Waals surface area contributed by atoms with E-state index in [4.69, 9.17) is 9.31 Å². The first-order valence-electron chi connectivity index (χ1n) is 6.38. The molecule has 0 N–H and O–H groups in total. The second kappa shape index (κ2) is 5.17. The second-order valence-corrected chi connectivity index (χ2v) is 4.49. The van der Waals surface area contributed by atoms with E-state index >= 15 is 0 Å². The third-order valence-corrected chi connectivity index (χ3v) is 3.11. The number of hydrogen-bond donors (Lipinski definition) is 0. The first-order valence-corrected chi connectivity index (χ1v) is 6.38. The largest absolute Gasteiger partial charge is 0.594 e. The van der Waals surface area contributed by atoms with Gasteiger partial charge in [-0.25, -0.2) is 0 Å². The number of rotatable bonds is 4. The van der Waals surface area contributed by atoms with Crippen LogP contribution >= 0.6 is 0 Å². The smallest absolute Gasteiger partial charge is 0.523 e. The Labute approximate surface area is 108 Å². The Hall–Kier alpha value is -1.90. The van der Waals surface area contributed by atoms with Crippen molar-refractivity contribution in [3.05, 3.63) is 60.2 Å². The molecular weight excluding hydrogens is 223 g/mol. The summed E-state index contributed by atoms with van der Waals surface area (Å²) in [5.41, 5.74) is 1.37. The monoisotopic (exact) mass is 238 g/mol. The Kier molecular flexibility index (Phi) is 3.22. The van der Waals surface area contributed by atoms with E-state index in [-0.39, 0.29) is 7.12 Å². The van der Waals surface area contributed by atoms with Crippen molar-refractivity contribution < 1.29 is 9.31 Å². The van der Waals surface area contributed by atoms with E-state index in [0.29, 0.717) is 0 Å². The molecule has 1 aliphatic rings. The molecule has 0 spiro atoms. The summed E-state index contributed by atoms with van der Waals surface area (Å²) >= 11 is 0. The lowest BCUT2D eigenvalue weighted by Crippen LogP contribution is -2.23. The summed E-state index contributed by atoms with van der Waals surface area (Å²) in [4.78, 5) is 0. The van der Waals surface area contributed by atoms with Crippen LogP contribution in [0.25, 0.3) is 0 Å². The zero-order valence-corrected chi connectivity index (χ0v) is 10.2. The molecule has 2 aromatic carbocycles. The minimum absolute atomic E-state index is 0.119. The summed E-state index contributed by atoms with van der Waals surface area (Å²) in [6, 6.07) is 18.4. The average Bonchev–Trinajstić information content (AvgIpc) is 2.82. The van der Waals surface area contributed by atoms with Crippen molar-refractivity contribution in [2.75, 3.05) is 0 Å². The van der Waals surface area contributed by atoms with Gasteiger partial charge in [0.25, 0.3) is 0 Å². The van der Waals surface area contributed by atoms with Crippen LogP contribution in [0.5, 0.6) is 11.5 Å². The van der Waals surface area contributed by atoms with Gasteiger partial charge in [-0.15, -0.1) is 0 Å². The van der Waals surface area contributed by atoms with Gasteiger partial charge < -0.3 is 9.31 Å². The maximum Gasteiger partial charge on any atom is 0.594 e. The summed E-state index contributed by atoms with van der Waals surface area (Å²) in [6.07, 6.45) is 3.06. The normalized spacial score (nSPS) is 12.8. The molecule has 0 amide bonds. The van der Waals surface area contributed by atoms with Gasteiger partial charge in [0, 0.05) is 6.32 Å². The molecule has 0 atom stereocenters. The van der Waals surface area contributed by atoms with Crippen LogP contribution in [-0.4, -0.2) is 7.12 Å². The van der Waals surface area contributed by atoms with Crippen LogP contribution in [0.4, 0.5) is 0 Å². The molecule has 0 fully saturated rings. The standard InChI is InChI=1S/C15H15BO2/c1-2-7-13(8-3-1)9-6-12-16-17-14-10-4-5-11-15(14)18-16/h1-5,7-8,10-11H,6,9,12H2. The van der Waals surface area contributed by atoms with Crippen molar-refractivity contribution in [2.24, 2.45) is 0 Å². The molecule has 1 aliphatic heterocycles. The Bertz CT molecular complexity index is 488. The van der Waals surface area contributed by atoms with Crippen molar-refractivity contribution in [3.63, 3.8) is 0 Å². The van der Waals surface area contributed by atoms with Crippen molar-refractivity contribution >= 4 is 7.12 Å². The van der Waals surface area contributed by atoms with E-state index in [2.05, 4.69) is 24.3 Å². The molecule has 0 aliphatic carbocycles. The highest BCUT2D eigenvalue weighted by molar-refractivity contribution is 6.47. The fourth-order valence-corrected chi connectivity index (χ4v) is 2.19. The van der Waals surface area contributed by atoms with Crippen molar-refractivity contribution in [2.45, 2.75) is 19.2 Å². The van der Waals surface area contributed by atoms with Gasteiger partial charge in [-0.05, 0) is 30.5 Å². The Morgan fingerprint density at radius 2 is 1.39 bits per heavy atom. The van der Waals surface area contributed by atoms with Crippen molar-refractivity contribution in [3.8, 4) is 11.5 Å². The highest BCUT2D eigenvalue weighted by Gasteiger charge is 2.30. The van der Waals surface area contributed by atoms with Gasteiger partial charge >= 0.3 is 7.12 Å². The number of aryl methyl sites for hydroxylation is 1. The highest BCUT2D eigenvalue weighted by Crippen LogP contribution is 2.33. The van der Waals surface area contributed by atoms with Gasteiger partial charge in [0.1, 0.15) is 11.5 Å². The third kappa shape index (κ3) is 2.50. The minimum atomic E-state index is -0.119. The zero-order chi connectivity index (χ0) is 12.2. The first kappa shape index (κ1) is 11.2. The summed E-state index contributed by atoms with van der Waals surface area (Å²) in [6.45, 7) is 0. The van der Waals surface area contributed by atoms with E-state index in [1.165, 1.54) is 5.56 Å². The Morgan fingerprint density at radius 3 is 2.06 bits per heavy atom. The average molecular weight is 238 g/mol. The molecule has 2 nitrogen and oxygen atoms in total. The van der Waals surface area contributed by atoms with E-state index < -0.39 is 0 Å². The summed E-state index contributed by atoms with van der Waals surface area (Å²) in [5.74, 6) is 1.73. The summed E-state index contributed by atoms with van der Waals surface area (Å²) in [7, 11) is -0.119. The molecule has 2 aromatic rings. The van der Waals surface area contributed by atoms with Gasteiger partial charge in [-0.1, -0.05) is 42.5 Å². The van der Waals surface area contributed by atoms with Gasteiger partial charge in [-0.3, -0.25) is 0 Å². The molecule has 3 heteroatoms. The molecule has 0 radical (unpaired) electrons. The van der Waals surface area contributed by atoms with Crippen LogP contribution < -0.4 is 9.31 Å². The molecule has 1 heterocycles. The summed E-state index contributed by atoms with van der Waals surface area (Å²) < 4.78 is 11.4. The van der Waals surface area contributed by atoms with E-state index in [0.717, 1.165) is 30.7 Å². The molecule has 18 heavy (non-hydrogen) atoms. The topological polar surface area (TPSA) is 18.5 Å². The Morgan fingerprint density at radius 1 is 0.778 bits per heavy atom. The zero-order valence-electron chi connectivity index (χ0n) is 10.2. The number of para-hydroxylation sites is 2. The predicted molar refractivity (Wildman–Crippen MR) is 73.0 cm³/mol. The van der Waals surface area contributed by atoms with Crippen LogP contribution in [-0.2, 0) is 6.42 Å². The van der Waals surface area contributed by atoms with Gasteiger partial charge in [0.05, 0.1) is 0 Å². The van der Waals surface area contributed by atoms with Gasteiger partial charge in [-0.2, -0.15) is 0 Å². The molecule has 0 aromatic heterocycles. The molecule has 0 unspecified atom stereocenters. The maximum atomic E-state index is 5.72. The molecule has 0 bridgehead atoms. The van der Waals surface area contributed by atoms with Gasteiger partial charge in [0.15, 0.2) is 0 Å². The SMILES string of the molecule is c1ccc(CCCB2Oc3ccccc3O2)cc1. The van der Waals surface area contributed by atoms with Crippen molar-refractivity contribution in [1.29, 1.82) is 0 Å². The molecule has 0 saturated carbocycles. The van der Waals surface area contributed by atoms with E-state index in [9.17, 15) is 0 Å². The summed E-state index contributed by atoms with van der Waals surface area (Å²) in [5, 5.41) is 0. The quantitative estimate of drug-likeness (QED) is 0.758. The lowest BCUT2D eigenvalue weighted by molar-refractivity contribution is 0.492. The number of hydrogen-bond acceptors (Lipinski definition) is 2. The molecule has 3 rings (SSSR count). The van der Waals surface area contributed by atoms with Crippen LogP contribution in [0.15, 0.2) is 54.6 Å². The molecular formula is C15H15BO2. The minimum Gasteiger partial charge on any atom is -0.523 e. The van der Waals surface area contributed by atoms with Crippen molar-refractivity contribution in [1.82, 2.24) is 0 Å². The first-order chi connectivity index (χ1) is 8.92. The fourth-order valence-electron chi connectivity index (χ4n) is 2.19. The fraction of sp³-hybridized carbons (Fsp3) is 0.200. The highest BCUT2D eigenvalue weighted by atomic mass is 16.6. The van der Waals surface area contributed by atoms with Crippen LogP contribution in [0.2, 0.25) is 6.32 Å². The van der Waals surface area contributed by atoms with Gasteiger partial charge in [0.2, 0.25) is 0 Å².